The number of rotatable bonds is 9. The molecule has 0 saturated heterocycles. The van der Waals surface area contributed by atoms with Crippen molar-refractivity contribution < 1.29 is 14.3 Å². The zero-order valence-electron chi connectivity index (χ0n) is 16.6. The Hall–Kier alpha value is -3.03. The quantitative estimate of drug-likeness (QED) is 0.530. The van der Waals surface area contributed by atoms with E-state index in [1.54, 1.807) is 49.6 Å². The number of aromatic nitrogens is 2. The highest BCUT2D eigenvalue weighted by Crippen LogP contribution is 2.14. The Labute approximate surface area is 178 Å². The van der Waals surface area contributed by atoms with Crippen molar-refractivity contribution in [3.8, 4) is 0 Å². The van der Waals surface area contributed by atoms with Crippen molar-refractivity contribution in [1.29, 1.82) is 0 Å². The molecule has 1 aromatic heterocycles. The molecule has 0 bridgehead atoms. The maximum atomic E-state index is 12.6. The molecule has 0 radical (unpaired) electrons. The Bertz CT molecular complexity index is 1110. The van der Waals surface area contributed by atoms with Gasteiger partial charge in [-0.1, -0.05) is 29.8 Å². The lowest BCUT2D eigenvalue weighted by Gasteiger charge is -2.11. The average Bonchev–Trinajstić information content (AvgIpc) is 2.77. The summed E-state index contributed by atoms with van der Waals surface area (Å²) in [6.45, 7) is 0.822. The predicted molar refractivity (Wildman–Crippen MR) is 115 cm³/mol. The number of fused-ring (bicyclic) bond motifs is 1. The number of methoxy groups -OCH3 is 1. The van der Waals surface area contributed by atoms with Crippen LogP contribution in [0, 0.1) is 0 Å². The van der Waals surface area contributed by atoms with Crippen LogP contribution < -0.4 is 10.9 Å². The van der Waals surface area contributed by atoms with Gasteiger partial charge < -0.3 is 10.1 Å². The van der Waals surface area contributed by atoms with Crippen LogP contribution in [0.15, 0.2) is 53.3 Å². The number of carbonyl (C=O) groups excluding carboxylic acids is 2. The van der Waals surface area contributed by atoms with Gasteiger partial charge in [-0.15, -0.1) is 0 Å². The molecule has 0 saturated carbocycles. The van der Waals surface area contributed by atoms with Crippen molar-refractivity contribution in [2.24, 2.45) is 0 Å². The number of nitrogens with zero attached hydrogens (tertiary/aromatic N) is 2. The zero-order valence-corrected chi connectivity index (χ0v) is 17.3. The molecule has 8 heteroatoms. The van der Waals surface area contributed by atoms with E-state index in [1.807, 2.05) is 6.07 Å². The molecular weight excluding hydrogens is 406 g/mol. The molecule has 1 heterocycles. The third kappa shape index (κ3) is 5.31. The molecule has 7 nitrogen and oxygen atoms in total. The topological polar surface area (TPSA) is 90.3 Å². The number of nitrogens with one attached hydrogen (secondary N) is 1. The largest absolute Gasteiger partial charge is 0.383 e. The molecule has 30 heavy (non-hydrogen) atoms. The number of Topliss-reactive ketones (excluding diaryl/α,β-unsaturated/α-hetero) is 1. The first-order valence-electron chi connectivity index (χ1n) is 9.52. The first kappa shape index (κ1) is 21.7. The smallest absolute Gasteiger partial charge is 0.274 e. The lowest BCUT2D eigenvalue weighted by atomic mass is 10.1. The molecule has 2 aromatic carbocycles. The minimum Gasteiger partial charge on any atom is -0.383 e. The number of ether oxygens (including phenoxy) is 1. The summed E-state index contributed by atoms with van der Waals surface area (Å²) in [7, 11) is 1.55. The van der Waals surface area contributed by atoms with Crippen molar-refractivity contribution in [3.05, 3.63) is 75.2 Å². The van der Waals surface area contributed by atoms with Crippen molar-refractivity contribution in [2.75, 3.05) is 13.7 Å². The van der Waals surface area contributed by atoms with E-state index in [9.17, 15) is 14.4 Å². The summed E-state index contributed by atoms with van der Waals surface area (Å²) in [5.41, 5.74) is 0.898. The first-order chi connectivity index (χ1) is 14.5. The van der Waals surface area contributed by atoms with E-state index in [4.69, 9.17) is 16.3 Å². The molecule has 3 aromatic rings. The Morgan fingerprint density at radius 3 is 2.47 bits per heavy atom. The van der Waals surface area contributed by atoms with Gasteiger partial charge in [0.25, 0.3) is 5.56 Å². The van der Waals surface area contributed by atoms with Crippen molar-refractivity contribution in [2.45, 2.75) is 25.9 Å². The van der Waals surface area contributed by atoms with Crippen LogP contribution >= 0.6 is 11.6 Å². The van der Waals surface area contributed by atoms with Gasteiger partial charge in [-0.3, -0.25) is 14.4 Å². The van der Waals surface area contributed by atoms with E-state index < -0.39 is 0 Å². The number of hydrogen-bond donors (Lipinski definition) is 1. The van der Waals surface area contributed by atoms with Gasteiger partial charge in [0, 0.05) is 35.9 Å². The van der Waals surface area contributed by atoms with Crippen LogP contribution in [-0.2, 0) is 22.6 Å². The number of carbonyl (C=O) groups is 2. The molecular formula is C22H22ClN3O4. The molecule has 1 amide bonds. The highest BCUT2D eigenvalue weighted by Gasteiger charge is 2.13. The van der Waals surface area contributed by atoms with Crippen LogP contribution in [0.4, 0.5) is 0 Å². The predicted octanol–water partition coefficient (Wildman–Crippen LogP) is 2.98. The summed E-state index contributed by atoms with van der Waals surface area (Å²) in [6, 6.07) is 13.7. The minimum absolute atomic E-state index is 0.0582. The van der Waals surface area contributed by atoms with E-state index in [-0.39, 0.29) is 36.6 Å². The van der Waals surface area contributed by atoms with Crippen molar-refractivity contribution in [3.63, 3.8) is 0 Å². The molecule has 0 spiro atoms. The van der Waals surface area contributed by atoms with Crippen LogP contribution in [-0.4, -0.2) is 35.2 Å². The molecule has 0 unspecified atom stereocenters. The third-order valence-electron chi connectivity index (χ3n) is 4.65. The highest BCUT2D eigenvalue weighted by atomic mass is 35.5. The number of hydrogen-bond acceptors (Lipinski definition) is 5. The fourth-order valence-corrected chi connectivity index (χ4v) is 3.17. The Morgan fingerprint density at radius 2 is 1.77 bits per heavy atom. The number of halogens is 1. The van der Waals surface area contributed by atoms with Gasteiger partial charge in [-0.05, 0) is 30.3 Å². The molecule has 3 rings (SSSR count). The average molecular weight is 428 g/mol. The summed E-state index contributed by atoms with van der Waals surface area (Å²) >= 11 is 5.82. The maximum absolute atomic E-state index is 12.6. The highest BCUT2D eigenvalue weighted by molar-refractivity contribution is 6.30. The Balaban J connectivity index is 1.66. The van der Waals surface area contributed by atoms with Crippen LogP contribution in [0.5, 0.6) is 0 Å². The molecule has 0 fully saturated rings. The van der Waals surface area contributed by atoms with Crippen LogP contribution in [0.25, 0.3) is 10.8 Å². The molecule has 0 aliphatic rings. The molecule has 0 aliphatic carbocycles. The van der Waals surface area contributed by atoms with E-state index in [1.165, 1.54) is 4.68 Å². The maximum Gasteiger partial charge on any atom is 0.274 e. The van der Waals surface area contributed by atoms with Crippen LogP contribution in [0.3, 0.4) is 0 Å². The van der Waals surface area contributed by atoms with Gasteiger partial charge >= 0.3 is 0 Å². The van der Waals surface area contributed by atoms with Crippen LogP contribution in [0.1, 0.15) is 28.9 Å². The Morgan fingerprint density at radius 1 is 1.07 bits per heavy atom. The fraction of sp³-hybridized carbons (Fsp3) is 0.273. The number of benzene rings is 2. The number of ketones is 1. The van der Waals surface area contributed by atoms with E-state index in [2.05, 4.69) is 10.4 Å². The van der Waals surface area contributed by atoms with E-state index in [0.29, 0.717) is 40.2 Å². The second-order valence-electron chi connectivity index (χ2n) is 6.72. The monoisotopic (exact) mass is 427 g/mol. The van der Waals surface area contributed by atoms with Crippen LogP contribution in [0.2, 0.25) is 5.02 Å². The normalized spacial score (nSPS) is 10.9. The van der Waals surface area contributed by atoms with Gasteiger partial charge in [0.15, 0.2) is 5.78 Å². The lowest BCUT2D eigenvalue weighted by molar-refractivity contribution is -0.121. The van der Waals surface area contributed by atoms with E-state index >= 15 is 0 Å². The molecule has 156 valence electrons. The molecule has 0 aliphatic heterocycles. The van der Waals surface area contributed by atoms with Gasteiger partial charge in [0.1, 0.15) is 0 Å². The third-order valence-corrected chi connectivity index (χ3v) is 4.90. The summed E-state index contributed by atoms with van der Waals surface area (Å²) in [6.07, 6.45) is 0.150. The van der Waals surface area contributed by atoms with Gasteiger partial charge in [0.05, 0.1) is 30.8 Å². The summed E-state index contributed by atoms with van der Waals surface area (Å²) in [5, 5.41) is 8.95. The standard InChI is InChI=1S/C22H22ClN3O4/c1-30-13-12-26-22(29)18-5-3-2-4-17(18)19(25-26)14-24-21(28)11-10-20(27)15-6-8-16(23)9-7-15/h2-9H,10-14H2,1H3,(H,24,28). The zero-order chi connectivity index (χ0) is 21.5. The fourth-order valence-electron chi connectivity index (χ4n) is 3.04. The van der Waals surface area contributed by atoms with Gasteiger partial charge in [-0.2, -0.15) is 5.10 Å². The first-order valence-corrected chi connectivity index (χ1v) is 9.90. The SMILES string of the molecule is COCCn1nc(CNC(=O)CCC(=O)c2ccc(Cl)cc2)c2ccccc2c1=O. The van der Waals surface area contributed by atoms with Crippen molar-refractivity contribution >= 4 is 34.1 Å². The lowest BCUT2D eigenvalue weighted by Crippen LogP contribution is -2.29. The van der Waals surface area contributed by atoms with Gasteiger partial charge in [0.2, 0.25) is 5.91 Å². The van der Waals surface area contributed by atoms with Crippen molar-refractivity contribution in [1.82, 2.24) is 15.1 Å². The summed E-state index contributed by atoms with van der Waals surface area (Å²) in [4.78, 5) is 37.0. The molecule has 0 atom stereocenters. The Kier molecular flexibility index (Phi) is 7.32. The summed E-state index contributed by atoms with van der Waals surface area (Å²) in [5.74, 6) is -0.392. The second kappa shape index (κ2) is 10.1. The molecule has 1 N–H and O–H groups in total. The van der Waals surface area contributed by atoms with Gasteiger partial charge in [-0.25, -0.2) is 4.68 Å². The van der Waals surface area contributed by atoms with E-state index in [0.717, 1.165) is 0 Å². The minimum atomic E-state index is -0.266. The summed E-state index contributed by atoms with van der Waals surface area (Å²) < 4.78 is 6.38. The number of amides is 1. The second-order valence-corrected chi connectivity index (χ2v) is 7.16.